The molecule has 0 radical (unpaired) electrons. The standard InChI is InChI=1S/C21H25N5O2/c22-15-21(6-3-18(4-7-21)26-9-11-28-12-10-26)19-2-1-17(14-24-19)25-20(27)16-5-8-23-13-16/h1-2,5,8,13-14,18,23H,3-4,6-7,9-12H2,(H,25,27). The van der Waals surface area contributed by atoms with Gasteiger partial charge >= 0.3 is 0 Å². The van der Waals surface area contributed by atoms with Gasteiger partial charge in [-0.2, -0.15) is 5.26 Å². The van der Waals surface area contributed by atoms with Crippen LogP contribution in [0, 0.1) is 11.3 Å². The van der Waals surface area contributed by atoms with E-state index < -0.39 is 5.41 Å². The normalized spacial score (nSPS) is 25.8. The van der Waals surface area contributed by atoms with Gasteiger partial charge in [-0.15, -0.1) is 0 Å². The Morgan fingerprint density at radius 2 is 2.07 bits per heavy atom. The van der Waals surface area contributed by atoms with Gasteiger partial charge in [0.15, 0.2) is 0 Å². The summed E-state index contributed by atoms with van der Waals surface area (Å²) in [5.74, 6) is -0.184. The minimum Gasteiger partial charge on any atom is -0.379 e. The van der Waals surface area contributed by atoms with E-state index in [4.69, 9.17) is 4.74 Å². The van der Waals surface area contributed by atoms with E-state index in [-0.39, 0.29) is 5.91 Å². The molecule has 0 aromatic carbocycles. The van der Waals surface area contributed by atoms with Crippen LogP contribution in [0.2, 0.25) is 0 Å². The van der Waals surface area contributed by atoms with E-state index >= 15 is 0 Å². The molecule has 2 aromatic rings. The second kappa shape index (κ2) is 8.13. The van der Waals surface area contributed by atoms with Crippen LogP contribution in [0.5, 0.6) is 0 Å². The number of pyridine rings is 1. The molecule has 7 heteroatoms. The van der Waals surface area contributed by atoms with Gasteiger partial charge in [0.05, 0.1) is 47.8 Å². The maximum absolute atomic E-state index is 12.1. The molecule has 2 aromatic heterocycles. The molecule has 3 heterocycles. The van der Waals surface area contributed by atoms with Gasteiger partial charge in [0.1, 0.15) is 0 Å². The summed E-state index contributed by atoms with van der Waals surface area (Å²) in [7, 11) is 0. The van der Waals surface area contributed by atoms with Crippen LogP contribution >= 0.6 is 0 Å². The highest BCUT2D eigenvalue weighted by Gasteiger charge is 2.40. The molecule has 0 spiro atoms. The molecule has 1 aliphatic carbocycles. The molecule has 4 rings (SSSR count). The van der Waals surface area contributed by atoms with Crippen molar-refractivity contribution in [1.82, 2.24) is 14.9 Å². The van der Waals surface area contributed by atoms with Crippen molar-refractivity contribution in [2.45, 2.75) is 37.1 Å². The van der Waals surface area contributed by atoms with Crippen molar-refractivity contribution < 1.29 is 9.53 Å². The van der Waals surface area contributed by atoms with E-state index in [1.165, 1.54) is 0 Å². The summed E-state index contributed by atoms with van der Waals surface area (Å²) in [5, 5.41) is 12.8. The zero-order valence-electron chi connectivity index (χ0n) is 15.9. The Morgan fingerprint density at radius 3 is 2.68 bits per heavy atom. The Hall–Kier alpha value is -2.69. The molecular formula is C21H25N5O2. The fourth-order valence-electron chi connectivity index (χ4n) is 4.25. The smallest absolute Gasteiger partial charge is 0.257 e. The first-order valence-electron chi connectivity index (χ1n) is 9.84. The first kappa shape index (κ1) is 18.7. The number of hydrogen-bond acceptors (Lipinski definition) is 5. The zero-order valence-corrected chi connectivity index (χ0v) is 15.9. The van der Waals surface area contributed by atoms with Crippen LogP contribution in [-0.2, 0) is 10.2 Å². The SMILES string of the molecule is N#CC1(c2ccc(NC(=O)c3cc[nH]c3)cn2)CCC(N2CCOCC2)CC1. The highest BCUT2D eigenvalue weighted by atomic mass is 16.5. The van der Waals surface area contributed by atoms with E-state index in [0.717, 1.165) is 57.7 Å². The topological polar surface area (TPSA) is 94.0 Å². The first-order valence-corrected chi connectivity index (χ1v) is 9.84. The van der Waals surface area contributed by atoms with Crippen molar-refractivity contribution in [1.29, 1.82) is 5.26 Å². The third-order valence-electron chi connectivity index (χ3n) is 5.96. The Labute approximate surface area is 164 Å². The number of aromatic amines is 1. The second-order valence-electron chi connectivity index (χ2n) is 7.56. The number of morpholine rings is 1. The predicted octanol–water partition coefficient (Wildman–Crippen LogP) is 2.70. The lowest BCUT2D eigenvalue weighted by molar-refractivity contribution is 0.00493. The molecular weight excluding hydrogens is 354 g/mol. The molecule has 1 amide bonds. The number of carbonyl (C=O) groups excluding carboxylic acids is 1. The van der Waals surface area contributed by atoms with Crippen molar-refractivity contribution in [3.63, 3.8) is 0 Å². The number of amides is 1. The van der Waals surface area contributed by atoms with E-state index in [2.05, 4.69) is 26.3 Å². The molecule has 0 unspecified atom stereocenters. The molecule has 0 atom stereocenters. The molecule has 1 aliphatic heterocycles. The molecule has 2 N–H and O–H groups in total. The van der Waals surface area contributed by atoms with Crippen molar-refractivity contribution in [2.75, 3.05) is 31.6 Å². The summed E-state index contributed by atoms with van der Waals surface area (Å²) in [6.45, 7) is 3.57. The van der Waals surface area contributed by atoms with Gasteiger partial charge in [0, 0.05) is 31.5 Å². The molecule has 7 nitrogen and oxygen atoms in total. The Morgan fingerprint density at radius 1 is 1.29 bits per heavy atom. The van der Waals surface area contributed by atoms with Crippen LogP contribution in [0.1, 0.15) is 41.7 Å². The van der Waals surface area contributed by atoms with Crippen molar-refractivity contribution >= 4 is 11.6 Å². The zero-order chi connectivity index (χ0) is 19.4. The third kappa shape index (κ3) is 3.79. The number of ether oxygens (including phenoxy) is 1. The van der Waals surface area contributed by atoms with Crippen LogP contribution in [-0.4, -0.2) is 53.1 Å². The number of nitriles is 1. The average Bonchev–Trinajstić information content (AvgIpc) is 3.30. The minimum atomic E-state index is -0.536. The predicted molar refractivity (Wildman–Crippen MR) is 105 cm³/mol. The van der Waals surface area contributed by atoms with E-state index in [1.807, 2.05) is 12.1 Å². The van der Waals surface area contributed by atoms with Crippen LogP contribution < -0.4 is 5.32 Å². The van der Waals surface area contributed by atoms with Crippen molar-refractivity contribution in [2.24, 2.45) is 0 Å². The van der Waals surface area contributed by atoms with Crippen LogP contribution in [0.25, 0.3) is 0 Å². The number of anilines is 1. The largest absolute Gasteiger partial charge is 0.379 e. The Bertz CT molecular complexity index is 827. The Balaban J connectivity index is 1.41. The van der Waals surface area contributed by atoms with Gasteiger partial charge in [-0.05, 0) is 43.9 Å². The molecule has 2 fully saturated rings. The van der Waals surface area contributed by atoms with Gasteiger partial charge in [-0.3, -0.25) is 14.7 Å². The van der Waals surface area contributed by atoms with E-state index in [0.29, 0.717) is 17.3 Å². The van der Waals surface area contributed by atoms with Crippen LogP contribution in [0.15, 0.2) is 36.8 Å². The summed E-state index contributed by atoms with van der Waals surface area (Å²) in [5.41, 5.74) is 1.46. The number of aromatic nitrogens is 2. The summed E-state index contributed by atoms with van der Waals surface area (Å²) in [6.07, 6.45) is 8.63. The first-order chi connectivity index (χ1) is 13.7. The van der Waals surface area contributed by atoms with Crippen molar-refractivity contribution in [3.05, 3.63) is 48.0 Å². The van der Waals surface area contributed by atoms with Gasteiger partial charge < -0.3 is 15.0 Å². The van der Waals surface area contributed by atoms with Gasteiger partial charge in [-0.25, -0.2) is 0 Å². The van der Waals surface area contributed by atoms with Crippen molar-refractivity contribution in [3.8, 4) is 6.07 Å². The second-order valence-corrected chi connectivity index (χ2v) is 7.56. The highest BCUT2D eigenvalue weighted by molar-refractivity contribution is 6.04. The minimum absolute atomic E-state index is 0.184. The number of hydrogen-bond donors (Lipinski definition) is 2. The van der Waals surface area contributed by atoms with Gasteiger partial charge in [0.2, 0.25) is 0 Å². The fraction of sp³-hybridized carbons (Fsp3) is 0.476. The number of nitrogens with zero attached hydrogens (tertiary/aromatic N) is 3. The molecule has 146 valence electrons. The van der Waals surface area contributed by atoms with E-state index in [9.17, 15) is 10.1 Å². The monoisotopic (exact) mass is 379 g/mol. The fourth-order valence-corrected chi connectivity index (χ4v) is 4.25. The molecule has 2 aliphatic rings. The summed E-state index contributed by atoms with van der Waals surface area (Å²) in [4.78, 5) is 22.0. The summed E-state index contributed by atoms with van der Waals surface area (Å²) >= 11 is 0. The number of carbonyl (C=O) groups is 1. The quantitative estimate of drug-likeness (QED) is 0.852. The maximum atomic E-state index is 12.1. The van der Waals surface area contributed by atoms with Gasteiger partial charge in [0.25, 0.3) is 5.91 Å². The number of H-pyrrole nitrogens is 1. The lowest BCUT2D eigenvalue weighted by atomic mass is 9.71. The average molecular weight is 379 g/mol. The summed E-state index contributed by atoms with van der Waals surface area (Å²) < 4.78 is 5.45. The maximum Gasteiger partial charge on any atom is 0.257 e. The molecule has 28 heavy (non-hydrogen) atoms. The van der Waals surface area contributed by atoms with Crippen LogP contribution in [0.4, 0.5) is 5.69 Å². The third-order valence-corrected chi connectivity index (χ3v) is 5.96. The lowest BCUT2D eigenvalue weighted by Gasteiger charge is -2.41. The molecule has 1 saturated heterocycles. The number of rotatable bonds is 4. The lowest BCUT2D eigenvalue weighted by Crippen LogP contribution is -2.47. The Kier molecular flexibility index (Phi) is 5.42. The summed E-state index contributed by atoms with van der Waals surface area (Å²) in [6, 6.07) is 8.51. The van der Waals surface area contributed by atoms with Crippen LogP contribution in [0.3, 0.4) is 0 Å². The molecule has 0 bridgehead atoms. The number of nitrogens with one attached hydrogen (secondary N) is 2. The van der Waals surface area contributed by atoms with Gasteiger partial charge in [-0.1, -0.05) is 0 Å². The molecule has 1 saturated carbocycles. The highest BCUT2D eigenvalue weighted by Crippen LogP contribution is 2.39. The van der Waals surface area contributed by atoms with E-state index in [1.54, 1.807) is 24.7 Å².